The van der Waals surface area contributed by atoms with Gasteiger partial charge in [0.05, 0.1) is 4.90 Å². The van der Waals surface area contributed by atoms with Crippen molar-refractivity contribution in [3.63, 3.8) is 0 Å². The Kier molecular flexibility index (Phi) is 5.22. The van der Waals surface area contributed by atoms with E-state index in [9.17, 15) is 13.2 Å². The van der Waals surface area contributed by atoms with E-state index in [4.69, 9.17) is 0 Å². The second-order valence-corrected chi connectivity index (χ2v) is 8.61. The van der Waals surface area contributed by atoms with Crippen molar-refractivity contribution in [2.45, 2.75) is 61.5 Å². The second kappa shape index (κ2) is 7.21. The largest absolute Gasteiger partial charge is 0.353 e. The molecule has 2 saturated heterocycles. The van der Waals surface area contributed by atoms with E-state index in [0.29, 0.717) is 31.0 Å². The van der Waals surface area contributed by atoms with Crippen LogP contribution < -0.4 is 15.4 Å². The first-order valence-corrected chi connectivity index (χ1v) is 10.0. The highest BCUT2D eigenvalue weighted by molar-refractivity contribution is 7.89. The fourth-order valence-electron chi connectivity index (χ4n) is 3.69. The number of hydrogen-bond acceptors (Lipinski definition) is 4. The van der Waals surface area contributed by atoms with E-state index in [-0.39, 0.29) is 10.8 Å². The number of fused-ring (bicyclic) bond motifs is 2. The second-order valence-electron chi connectivity index (χ2n) is 6.73. The van der Waals surface area contributed by atoms with Crippen LogP contribution in [0.3, 0.4) is 0 Å². The van der Waals surface area contributed by atoms with Gasteiger partial charge in [-0.1, -0.05) is 12.1 Å². The van der Waals surface area contributed by atoms with Crippen LogP contribution in [-0.2, 0) is 21.2 Å². The summed E-state index contributed by atoms with van der Waals surface area (Å²) >= 11 is 0. The summed E-state index contributed by atoms with van der Waals surface area (Å²) in [4.78, 5) is 12.4. The van der Waals surface area contributed by atoms with E-state index >= 15 is 0 Å². The van der Waals surface area contributed by atoms with Crippen molar-refractivity contribution < 1.29 is 13.2 Å². The molecule has 0 saturated carbocycles. The predicted octanol–water partition coefficient (Wildman–Crippen LogP) is 0.927. The first-order chi connectivity index (χ1) is 11.5. The molecule has 2 aliphatic rings. The zero-order valence-corrected chi connectivity index (χ0v) is 14.7. The van der Waals surface area contributed by atoms with Gasteiger partial charge in [0.25, 0.3) is 0 Å². The Bertz CT molecular complexity index is 676. The van der Waals surface area contributed by atoms with Gasteiger partial charge in [-0.05, 0) is 56.8 Å². The number of rotatable bonds is 6. The summed E-state index contributed by atoms with van der Waals surface area (Å²) < 4.78 is 25.6. The van der Waals surface area contributed by atoms with Crippen LogP contribution in [0, 0.1) is 0 Å². The predicted molar refractivity (Wildman–Crippen MR) is 92.1 cm³/mol. The molecule has 3 rings (SSSR count). The van der Waals surface area contributed by atoms with E-state index < -0.39 is 10.0 Å². The quantitative estimate of drug-likeness (QED) is 0.711. The maximum absolute atomic E-state index is 12.2. The first kappa shape index (κ1) is 17.4. The molecule has 2 fully saturated rings. The molecular weight excluding hydrogens is 326 g/mol. The Morgan fingerprint density at radius 1 is 1.17 bits per heavy atom. The van der Waals surface area contributed by atoms with Crippen LogP contribution in [0.5, 0.6) is 0 Å². The highest BCUT2D eigenvalue weighted by atomic mass is 32.2. The topological polar surface area (TPSA) is 87.3 Å². The Labute approximate surface area is 143 Å². The molecule has 0 radical (unpaired) electrons. The van der Waals surface area contributed by atoms with Gasteiger partial charge in [0, 0.05) is 24.5 Å². The molecule has 0 aromatic heterocycles. The first-order valence-electron chi connectivity index (χ1n) is 8.54. The van der Waals surface area contributed by atoms with Crippen LogP contribution >= 0.6 is 0 Å². The lowest BCUT2D eigenvalue weighted by molar-refractivity contribution is -0.122. The molecule has 132 valence electrons. The maximum Gasteiger partial charge on any atom is 0.240 e. The van der Waals surface area contributed by atoms with Gasteiger partial charge in [0.2, 0.25) is 15.9 Å². The summed E-state index contributed by atoms with van der Waals surface area (Å²) in [5.74, 6) is 0.0771. The lowest BCUT2D eigenvalue weighted by Gasteiger charge is -2.29. The molecule has 24 heavy (non-hydrogen) atoms. The molecule has 0 aliphatic carbocycles. The van der Waals surface area contributed by atoms with Crippen LogP contribution in [0.25, 0.3) is 0 Å². The van der Waals surface area contributed by atoms with Crippen LogP contribution in [0.2, 0.25) is 0 Å². The number of piperidine rings is 1. The van der Waals surface area contributed by atoms with Gasteiger partial charge in [0.15, 0.2) is 0 Å². The van der Waals surface area contributed by atoms with Crippen molar-refractivity contribution in [3.05, 3.63) is 29.8 Å². The van der Waals surface area contributed by atoms with Crippen molar-refractivity contribution in [2.24, 2.45) is 0 Å². The third kappa shape index (κ3) is 4.15. The minimum Gasteiger partial charge on any atom is -0.353 e. The molecule has 2 aliphatic heterocycles. The van der Waals surface area contributed by atoms with Gasteiger partial charge in [-0.15, -0.1) is 0 Å². The van der Waals surface area contributed by atoms with Crippen LogP contribution in [0.4, 0.5) is 0 Å². The molecule has 7 heteroatoms. The summed E-state index contributed by atoms with van der Waals surface area (Å²) in [6.45, 7) is 0. The van der Waals surface area contributed by atoms with Crippen molar-refractivity contribution >= 4 is 15.9 Å². The standard InChI is InChI=1S/C17H25N3O3S/c1-18-24(22,23)16-7-2-12(3-8-16)4-9-17(21)20-15-10-13-5-6-14(11-15)19-13/h2-3,7-8,13-15,18-19H,4-6,9-11H2,1H3,(H,20,21). The van der Waals surface area contributed by atoms with E-state index in [1.807, 2.05) is 0 Å². The van der Waals surface area contributed by atoms with Gasteiger partial charge in [0.1, 0.15) is 0 Å². The normalized spacial score (nSPS) is 26.3. The summed E-state index contributed by atoms with van der Waals surface area (Å²) in [6.07, 6.45) is 5.54. The lowest BCUT2D eigenvalue weighted by atomic mass is 9.99. The molecule has 0 spiro atoms. The molecule has 6 nitrogen and oxygen atoms in total. The maximum atomic E-state index is 12.2. The summed E-state index contributed by atoms with van der Waals surface area (Å²) in [5.41, 5.74) is 0.964. The number of nitrogens with one attached hydrogen (secondary N) is 3. The Balaban J connectivity index is 1.48. The summed E-state index contributed by atoms with van der Waals surface area (Å²) in [5, 5.41) is 6.72. The smallest absolute Gasteiger partial charge is 0.240 e. The lowest BCUT2D eigenvalue weighted by Crippen LogP contribution is -2.48. The zero-order valence-electron chi connectivity index (χ0n) is 13.9. The molecule has 2 bridgehead atoms. The monoisotopic (exact) mass is 351 g/mol. The van der Waals surface area contributed by atoms with Crippen LogP contribution in [0.1, 0.15) is 37.7 Å². The number of hydrogen-bond donors (Lipinski definition) is 3. The molecule has 1 aromatic carbocycles. The van der Waals surface area contributed by atoms with Gasteiger partial charge >= 0.3 is 0 Å². The third-order valence-corrected chi connectivity index (χ3v) is 6.41. The summed E-state index contributed by atoms with van der Waals surface area (Å²) in [7, 11) is -2.02. The Morgan fingerprint density at radius 3 is 2.38 bits per heavy atom. The number of amides is 1. The molecule has 1 amide bonds. The van der Waals surface area contributed by atoms with Gasteiger partial charge in [-0.3, -0.25) is 4.79 Å². The van der Waals surface area contributed by atoms with Crippen LogP contribution in [-0.4, -0.2) is 39.5 Å². The number of sulfonamides is 1. The number of benzene rings is 1. The minimum absolute atomic E-state index is 0.0771. The highest BCUT2D eigenvalue weighted by Gasteiger charge is 2.33. The van der Waals surface area contributed by atoms with Crippen LogP contribution in [0.15, 0.2) is 29.2 Å². The average molecular weight is 351 g/mol. The van der Waals surface area contributed by atoms with Crippen molar-refractivity contribution in [2.75, 3.05) is 7.05 Å². The van der Waals surface area contributed by atoms with E-state index in [1.165, 1.54) is 19.9 Å². The summed E-state index contributed by atoms with van der Waals surface area (Å²) in [6, 6.07) is 8.10. The van der Waals surface area contributed by atoms with Gasteiger partial charge in [-0.2, -0.15) is 0 Å². The van der Waals surface area contributed by atoms with E-state index in [2.05, 4.69) is 15.4 Å². The van der Waals surface area contributed by atoms with Crippen molar-refractivity contribution in [3.8, 4) is 0 Å². The fraction of sp³-hybridized carbons (Fsp3) is 0.588. The zero-order chi connectivity index (χ0) is 17.2. The molecule has 2 heterocycles. The SMILES string of the molecule is CNS(=O)(=O)c1ccc(CCC(=O)NC2CC3CCC(C2)N3)cc1. The van der Waals surface area contributed by atoms with Crippen molar-refractivity contribution in [1.29, 1.82) is 0 Å². The number of carbonyl (C=O) groups excluding carboxylic acids is 1. The molecule has 2 unspecified atom stereocenters. The molecule has 1 aromatic rings. The highest BCUT2D eigenvalue weighted by Crippen LogP contribution is 2.26. The van der Waals surface area contributed by atoms with Crippen molar-refractivity contribution in [1.82, 2.24) is 15.4 Å². The van der Waals surface area contributed by atoms with E-state index in [0.717, 1.165) is 18.4 Å². The minimum atomic E-state index is -3.41. The van der Waals surface area contributed by atoms with Gasteiger partial charge < -0.3 is 10.6 Å². The number of carbonyl (C=O) groups is 1. The Morgan fingerprint density at radius 2 is 1.79 bits per heavy atom. The molecule has 3 N–H and O–H groups in total. The Hall–Kier alpha value is -1.44. The van der Waals surface area contributed by atoms with E-state index in [1.54, 1.807) is 24.3 Å². The molecule has 2 atom stereocenters. The fourth-order valence-corrected chi connectivity index (χ4v) is 4.42. The average Bonchev–Trinajstić information content (AvgIpc) is 2.92. The van der Waals surface area contributed by atoms with Gasteiger partial charge in [-0.25, -0.2) is 13.1 Å². The molecular formula is C17H25N3O3S. The third-order valence-electron chi connectivity index (χ3n) is 4.98. The number of aryl methyl sites for hydroxylation is 1.